The first-order valence-corrected chi connectivity index (χ1v) is 5.80. The van der Waals surface area contributed by atoms with Gasteiger partial charge in [0.1, 0.15) is 0 Å². The average molecular weight is 233 g/mol. The minimum Gasteiger partial charge on any atom is -0.478 e. The molecule has 2 N–H and O–H groups in total. The Morgan fingerprint density at radius 3 is 2.41 bits per heavy atom. The number of carbonyl (C=O) groups is 1. The predicted molar refractivity (Wildman–Crippen MR) is 68.9 cm³/mol. The van der Waals surface area contributed by atoms with E-state index in [1.807, 2.05) is 0 Å². The second-order valence-electron chi connectivity index (χ2n) is 4.10. The summed E-state index contributed by atoms with van der Waals surface area (Å²) in [5.41, 5.74) is 3.36. The second kappa shape index (κ2) is 6.86. The Morgan fingerprint density at radius 1 is 1.29 bits per heavy atom. The van der Waals surface area contributed by atoms with Gasteiger partial charge in [-0.3, -0.25) is 0 Å². The van der Waals surface area contributed by atoms with Crippen molar-refractivity contribution in [1.29, 1.82) is 0 Å². The summed E-state index contributed by atoms with van der Waals surface area (Å²) in [5, 5.41) is 11.8. The van der Waals surface area contributed by atoms with Crippen molar-refractivity contribution >= 4 is 5.97 Å². The predicted octanol–water partition coefficient (Wildman–Crippen LogP) is 2.37. The minimum atomic E-state index is -0.892. The highest BCUT2D eigenvalue weighted by Gasteiger charge is 1.96. The molecule has 0 amide bonds. The van der Waals surface area contributed by atoms with Crippen LogP contribution in [-0.4, -0.2) is 17.6 Å². The number of benzene rings is 1. The van der Waals surface area contributed by atoms with Crippen LogP contribution >= 0.6 is 0 Å². The van der Waals surface area contributed by atoms with Crippen LogP contribution in [0.15, 0.2) is 35.9 Å². The van der Waals surface area contributed by atoms with Gasteiger partial charge in [0.15, 0.2) is 0 Å². The van der Waals surface area contributed by atoms with Crippen molar-refractivity contribution in [2.24, 2.45) is 0 Å². The normalized spacial score (nSPS) is 11.5. The Balaban J connectivity index is 2.38. The third-order valence-electron chi connectivity index (χ3n) is 2.53. The highest BCUT2D eigenvalue weighted by Crippen LogP contribution is 2.04. The fraction of sp³-hybridized carbons (Fsp3) is 0.357. The smallest absolute Gasteiger partial charge is 0.328 e. The molecule has 0 aliphatic rings. The number of nitrogens with one attached hydrogen (secondary N) is 1. The Labute approximate surface area is 102 Å². The van der Waals surface area contributed by atoms with Gasteiger partial charge in [-0.2, -0.15) is 0 Å². The van der Waals surface area contributed by atoms with Crippen molar-refractivity contribution in [2.45, 2.75) is 26.8 Å². The summed E-state index contributed by atoms with van der Waals surface area (Å²) >= 11 is 0. The summed E-state index contributed by atoms with van der Waals surface area (Å²) < 4.78 is 0. The zero-order valence-corrected chi connectivity index (χ0v) is 10.4. The van der Waals surface area contributed by atoms with E-state index < -0.39 is 5.97 Å². The molecule has 1 aromatic rings. The number of rotatable bonds is 6. The van der Waals surface area contributed by atoms with Crippen LogP contribution in [0.1, 0.15) is 25.0 Å². The largest absolute Gasteiger partial charge is 0.478 e. The van der Waals surface area contributed by atoms with Gasteiger partial charge in [0.2, 0.25) is 0 Å². The molecule has 0 aliphatic heterocycles. The van der Waals surface area contributed by atoms with Crippen LogP contribution in [0, 0.1) is 0 Å². The van der Waals surface area contributed by atoms with Crippen LogP contribution in [0.25, 0.3) is 0 Å². The number of hydrogen-bond acceptors (Lipinski definition) is 2. The average Bonchev–Trinajstić information content (AvgIpc) is 2.29. The van der Waals surface area contributed by atoms with Gasteiger partial charge in [-0.05, 0) is 24.5 Å². The van der Waals surface area contributed by atoms with E-state index in [1.165, 1.54) is 17.2 Å². The quantitative estimate of drug-likeness (QED) is 0.742. The van der Waals surface area contributed by atoms with E-state index in [0.717, 1.165) is 18.5 Å². The van der Waals surface area contributed by atoms with Crippen LogP contribution in [-0.2, 0) is 17.8 Å². The molecule has 3 heteroatoms. The molecule has 1 rings (SSSR count). The van der Waals surface area contributed by atoms with Gasteiger partial charge in [0, 0.05) is 19.2 Å². The molecular formula is C14H19NO2. The monoisotopic (exact) mass is 233 g/mol. The van der Waals surface area contributed by atoms with Crippen LogP contribution in [0.2, 0.25) is 0 Å². The third kappa shape index (κ3) is 5.31. The van der Waals surface area contributed by atoms with E-state index in [0.29, 0.717) is 6.54 Å². The summed E-state index contributed by atoms with van der Waals surface area (Å²) in [6, 6.07) is 8.44. The Bertz CT molecular complexity index is 393. The SMILES string of the molecule is CCc1ccc(CNC/C(C)=C/C(=O)O)cc1. The lowest BCUT2D eigenvalue weighted by Crippen LogP contribution is -2.16. The van der Waals surface area contributed by atoms with Gasteiger partial charge in [0.05, 0.1) is 0 Å². The molecule has 0 aromatic heterocycles. The fourth-order valence-electron chi connectivity index (χ4n) is 1.56. The maximum atomic E-state index is 10.4. The lowest BCUT2D eigenvalue weighted by Gasteiger charge is -2.05. The summed E-state index contributed by atoms with van der Waals surface area (Å²) in [6.07, 6.45) is 2.28. The molecule has 1 aromatic carbocycles. The number of aliphatic carboxylic acids is 1. The number of hydrogen-bond donors (Lipinski definition) is 2. The van der Waals surface area contributed by atoms with E-state index in [4.69, 9.17) is 5.11 Å². The maximum Gasteiger partial charge on any atom is 0.328 e. The van der Waals surface area contributed by atoms with Gasteiger partial charge in [-0.15, -0.1) is 0 Å². The fourth-order valence-corrected chi connectivity index (χ4v) is 1.56. The first-order chi connectivity index (χ1) is 8.11. The molecule has 0 spiro atoms. The number of carboxylic acids is 1. The molecule has 0 saturated heterocycles. The van der Waals surface area contributed by atoms with E-state index in [9.17, 15) is 4.79 Å². The third-order valence-corrected chi connectivity index (χ3v) is 2.53. The van der Waals surface area contributed by atoms with E-state index >= 15 is 0 Å². The topological polar surface area (TPSA) is 49.3 Å². The van der Waals surface area contributed by atoms with Crippen molar-refractivity contribution < 1.29 is 9.90 Å². The summed E-state index contributed by atoms with van der Waals surface area (Å²) in [4.78, 5) is 10.4. The van der Waals surface area contributed by atoms with Crippen molar-refractivity contribution in [3.63, 3.8) is 0 Å². The molecule has 0 heterocycles. The number of aryl methyl sites for hydroxylation is 1. The highest BCUT2D eigenvalue weighted by atomic mass is 16.4. The maximum absolute atomic E-state index is 10.4. The second-order valence-corrected chi connectivity index (χ2v) is 4.10. The molecule has 3 nitrogen and oxygen atoms in total. The standard InChI is InChI=1S/C14H19NO2/c1-3-12-4-6-13(7-5-12)10-15-9-11(2)8-14(16)17/h4-8,15H,3,9-10H2,1-2H3,(H,16,17)/b11-8+. The summed E-state index contributed by atoms with van der Waals surface area (Å²) in [5.74, 6) is -0.892. The molecule has 0 fully saturated rings. The van der Waals surface area contributed by atoms with E-state index in [2.05, 4.69) is 36.5 Å². The van der Waals surface area contributed by atoms with Crippen LogP contribution in [0.3, 0.4) is 0 Å². The molecule has 0 atom stereocenters. The molecule has 0 bridgehead atoms. The zero-order chi connectivity index (χ0) is 12.7. The molecule has 92 valence electrons. The summed E-state index contributed by atoms with van der Waals surface area (Å²) in [6.45, 7) is 5.30. The lowest BCUT2D eigenvalue weighted by atomic mass is 10.1. The van der Waals surface area contributed by atoms with Crippen molar-refractivity contribution in [1.82, 2.24) is 5.32 Å². The van der Waals surface area contributed by atoms with Gasteiger partial charge >= 0.3 is 5.97 Å². The van der Waals surface area contributed by atoms with Crippen molar-refractivity contribution in [3.05, 3.63) is 47.0 Å². The molecule has 0 aliphatic carbocycles. The van der Waals surface area contributed by atoms with Gasteiger partial charge < -0.3 is 10.4 Å². The Hall–Kier alpha value is -1.61. The Kier molecular flexibility index (Phi) is 5.43. The number of carboxylic acid groups (broad SMARTS) is 1. The van der Waals surface area contributed by atoms with Crippen LogP contribution in [0.4, 0.5) is 0 Å². The van der Waals surface area contributed by atoms with Crippen molar-refractivity contribution in [3.8, 4) is 0 Å². The molecule has 0 unspecified atom stereocenters. The van der Waals surface area contributed by atoms with E-state index in [-0.39, 0.29) is 0 Å². The van der Waals surface area contributed by atoms with Gasteiger partial charge in [-0.1, -0.05) is 36.8 Å². The minimum absolute atomic E-state index is 0.599. The van der Waals surface area contributed by atoms with Crippen molar-refractivity contribution in [2.75, 3.05) is 6.54 Å². The summed E-state index contributed by atoms with van der Waals surface area (Å²) in [7, 11) is 0. The molecule has 17 heavy (non-hydrogen) atoms. The lowest BCUT2D eigenvalue weighted by molar-refractivity contribution is -0.131. The molecule has 0 saturated carbocycles. The first-order valence-electron chi connectivity index (χ1n) is 5.80. The first kappa shape index (κ1) is 13.5. The van der Waals surface area contributed by atoms with Gasteiger partial charge in [-0.25, -0.2) is 4.79 Å². The highest BCUT2D eigenvalue weighted by molar-refractivity contribution is 5.80. The zero-order valence-electron chi connectivity index (χ0n) is 10.4. The molecule has 0 radical (unpaired) electrons. The van der Waals surface area contributed by atoms with E-state index in [1.54, 1.807) is 6.92 Å². The van der Waals surface area contributed by atoms with Crippen LogP contribution < -0.4 is 5.32 Å². The Morgan fingerprint density at radius 2 is 1.88 bits per heavy atom. The van der Waals surface area contributed by atoms with Crippen LogP contribution in [0.5, 0.6) is 0 Å². The molecular weight excluding hydrogens is 214 g/mol. The van der Waals surface area contributed by atoms with Gasteiger partial charge in [0.25, 0.3) is 0 Å².